The number of amides is 2. The van der Waals surface area contributed by atoms with Crippen LogP contribution in [0.1, 0.15) is 32.1 Å². The van der Waals surface area contributed by atoms with Gasteiger partial charge in [-0.15, -0.1) is 0 Å². The molecule has 0 radical (unpaired) electrons. The number of likely N-dealkylation sites (N-methyl/N-ethyl adjacent to an activating group) is 1. The molecule has 4 heterocycles. The number of hydrogen-bond acceptors (Lipinski definition) is 9. The van der Waals surface area contributed by atoms with E-state index in [0.717, 1.165) is 18.5 Å². The number of aryl methyl sites for hydroxylation is 1. The van der Waals surface area contributed by atoms with Crippen LogP contribution in [0.15, 0.2) is 30.9 Å². The number of nitrogens with two attached hydrogens (primary N) is 1. The molecule has 13 heteroatoms. The summed E-state index contributed by atoms with van der Waals surface area (Å²) < 4.78 is 20.8. The lowest BCUT2D eigenvalue weighted by atomic mass is 10.1. The van der Waals surface area contributed by atoms with Crippen LogP contribution < -0.4 is 16.4 Å². The largest absolute Gasteiger partial charge is 0.382 e. The minimum Gasteiger partial charge on any atom is -0.382 e. The van der Waals surface area contributed by atoms with Crippen LogP contribution in [-0.4, -0.2) is 81.2 Å². The minimum atomic E-state index is -0.739. The fourth-order valence-corrected chi connectivity index (χ4v) is 5.06. The molecular weight excluding hydrogens is 512 g/mol. The Morgan fingerprint density at radius 3 is 2.82 bits per heavy atom. The Balaban J connectivity index is 1.15. The Hall–Kier alpha value is -3.03. The summed E-state index contributed by atoms with van der Waals surface area (Å²) in [7, 11) is 2.02. The van der Waals surface area contributed by atoms with Gasteiger partial charge in [-0.25, -0.2) is 19.7 Å². The average Bonchev–Trinajstić information content (AvgIpc) is 3.51. The zero-order chi connectivity index (χ0) is 27.0. The molecule has 2 aliphatic rings. The number of carbonyl (C=O) groups excluding carboxylic acids is 1. The number of nitrogens with zero attached hydrogens (tertiary/aromatic N) is 5. The molecule has 2 aliphatic heterocycles. The van der Waals surface area contributed by atoms with E-state index in [1.807, 2.05) is 44.5 Å². The van der Waals surface area contributed by atoms with Crippen molar-refractivity contribution in [2.24, 2.45) is 0 Å². The Bertz CT molecular complexity index is 1320. The highest BCUT2D eigenvalue weighted by Crippen LogP contribution is 2.44. The first-order chi connectivity index (χ1) is 18.1. The molecule has 2 saturated heterocycles. The zero-order valence-corrected chi connectivity index (χ0v) is 22.6. The van der Waals surface area contributed by atoms with Crippen LogP contribution >= 0.6 is 11.6 Å². The molecule has 12 nitrogen and oxygen atoms in total. The van der Waals surface area contributed by atoms with Crippen molar-refractivity contribution in [3.63, 3.8) is 0 Å². The standard InChI is InChI=1S/C25H33ClN8O4/c1-14-6-7-15(10-16(14)26)32-24(35)28-8-5-9-33(4)11-17-19-20(38-25(2,3)37-19)23(36-17)34-13-31-18-21(27)29-12-30-22(18)34/h6-7,10,12-13,17,19-20,23H,5,8-9,11H2,1-4H3,(H2,27,29,30)(H2,28,32,35)/t17-,19-,20?,23-/m1/s1. The first-order valence-electron chi connectivity index (χ1n) is 12.5. The SMILES string of the molecule is Cc1ccc(NC(=O)NCCCN(C)C[C@H]2O[C@@H](n3cnc4c(N)ncnc43)C3OC(C)(C)O[C@@H]32)cc1Cl. The molecule has 5 rings (SSSR count). The van der Waals surface area contributed by atoms with E-state index in [2.05, 4.69) is 30.5 Å². The van der Waals surface area contributed by atoms with Crippen LogP contribution in [0.4, 0.5) is 16.3 Å². The summed E-state index contributed by atoms with van der Waals surface area (Å²) in [4.78, 5) is 27.1. The second-order valence-electron chi connectivity index (χ2n) is 10.2. The third-order valence-corrected chi connectivity index (χ3v) is 7.12. The lowest BCUT2D eigenvalue weighted by molar-refractivity contribution is -0.197. The van der Waals surface area contributed by atoms with Gasteiger partial charge in [0.1, 0.15) is 30.2 Å². The molecule has 0 aliphatic carbocycles. The Labute approximate surface area is 225 Å². The van der Waals surface area contributed by atoms with Crippen molar-refractivity contribution >= 4 is 40.3 Å². The summed E-state index contributed by atoms with van der Waals surface area (Å²) in [6.07, 6.45) is 2.51. The van der Waals surface area contributed by atoms with Crippen molar-refractivity contribution in [1.29, 1.82) is 0 Å². The minimum absolute atomic E-state index is 0.240. The summed E-state index contributed by atoms with van der Waals surface area (Å²) in [5.74, 6) is -0.425. The molecular formula is C25H33ClN8O4. The Morgan fingerprint density at radius 1 is 1.24 bits per heavy atom. The van der Waals surface area contributed by atoms with E-state index in [0.29, 0.717) is 40.8 Å². The maximum Gasteiger partial charge on any atom is 0.319 e. The maximum absolute atomic E-state index is 12.2. The monoisotopic (exact) mass is 544 g/mol. The Kier molecular flexibility index (Phi) is 7.43. The molecule has 2 amide bonds. The number of rotatable bonds is 8. The number of urea groups is 1. The molecule has 2 fully saturated rings. The van der Waals surface area contributed by atoms with Gasteiger partial charge in [-0.3, -0.25) is 4.57 Å². The molecule has 2 aromatic heterocycles. The molecule has 4 atom stereocenters. The number of benzene rings is 1. The summed E-state index contributed by atoms with van der Waals surface area (Å²) in [6.45, 7) is 7.60. The van der Waals surface area contributed by atoms with E-state index < -0.39 is 12.0 Å². The third-order valence-electron chi connectivity index (χ3n) is 6.71. The highest BCUT2D eigenvalue weighted by Gasteiger charge is 2.56. The smallest absolute Gasteiger partial charge is 0.319 e. The molecule has 0 bridgehead atoms. The quantitative estimate of drug-likeness (QED) is 0.365. The summed E-state index contributed by atoms with van der Waals surface area (Å²) >= 11 is 6.13. The van der Waals surface area contributed by atoms with E-state index in [4.69, 9.17) is 31.5 Å². The van der Waals surface area contributed by atoms with Crippen LogP contribution in [0.25, 0.3) is 11.2 Å². The Morgan fingerprint density at radius 2 is 2.03 bits per heavy atom. The van der Waals surface area contributed by atoms with Gasteiger partial charge in [-0.2, -0.15) is 0 Å². The van der Waals surface area contributed by atoms with Gasteiger partial charge in [0.25, 0.3) is 0 Å². The number of imidazole rings is 1. The van der Waals surface area contributed by atoms with Gasteiger partial charge >= 0.3 is 6.03 Å². The fourth-order valence-electron chi connectivity index (χ4n) is 4.88. The molecule has 4 N–H and O–H groups in total. The van der Waals surface area contributed by atoms with Crippen molar-refractivity contribution < 1.29 is 19.0 Å². The van der Waals surface area contributed by atoms with Crippen LogP contribution in [-0.2, 0) is 14.2 Å². The molecule has 1 aromatic carbocycles. The second-order valence-corrected chi connectivity index (χ2v) is 10.6. The van der Waals surface area contributed by atoms with Gasteiger partial charge in [-0.05, 0) is 58.5 Å². The van der Waals surface area contributed by atoms with Gasteiger partial charge in [-0.1, -0.05) is 17.7 Å². The van der Waals surface area contributed by atoms with Gasteiger partial charge in [0.2, 0.25) is 0 Å². The van der Waals surface area contributed by atoms with Crippen molar-refractivity contribution in [3.05, 3.63) is 41.4 Å². The number of hydrogen-bond donors (Lipinski definition) is 3. The lowest BCUT2D eigenvalue weighted by Crippen LogP contribution is -2.39. The summed E-state index contributed by atoms with van der Waals surface area (Å²) in [6, 6.07) is 5.15. The second kappa shape index (κ2) is 10.6. The lowest BCUT2D eigenvalue weighted by Gasteiger charge is -2.27. The number of nitrogen functional groups attached to an aromatic ring is 1. The number of halogens is 1. The van der Waals surface area contributed by atoms with Gasteiger partial charge < -0.3 is 35.5 Å². The van der Waals surface area contributed by atoms with Gasteiger partial charge in [0.15, 0.2) is 23.5 Å². The highest BCUT2D eigenvalue weighted by molar-refractivity contribution is 6.31. The number of ether oxygens (including phenoxy) is 3. The molecule has 1 unspecified atom stereocenters. The predicted octanol–water partition coefficient (Wildman–Crippen LogP) is 2.93. The number of anilines is 2. The predicted molar refractivity (Wildman–Crippen MR) is 143 cm³/mol. The number of nitrogens with one attached hydrogen (secondary N) is 2. The van der Waals surface area contributed by atoms with Crippen LogP contribution in [0, 0.1) is 6.92 Å². The van der Waals surface area contributed by atoms with Crippen molar-refractivity contribution in [2.45, 2.75) is 57.5 Å². The molecule has 204 valence electrons. The number of aromatic nitrogens is 4. The fraction of sp³-hybridized carbons (Fsp3) is 0.520. The molecule has 0 saturated carbocycles. The average molecular weight is 545 g/mol. The van der Waals surface area contributed by atoms with E-state index in [9.17, 15) is 4.79 Å². The van der Waals surface area contributed by atoms with Crippen molar-refractivity contribution in [3.8, 4) is 0 Å². The maximum atomic E-state index is 12.2. The van der Waals surface area contributed by atoms with Gasteiger partial charge in [0, 0.05) is 23.8 Å². The molecule has 3 aromatic rings. The normalized spacial score (nSPS) is 24.2. The summed E-state index contributed by atoms with van der Waals surface area (Å²) in [5.41, 5.74) is 8.69. The van der Waals surface area contributed by atoms with Crippen LogP contribution in [0.2, 0.25) is 5.02 Å². The van der Waals surface area contributed by atoms with Gasteiger partial charge in [0.05, 0.1) is 6.33 Å². The molecule has 0 spiro atoms. The zero-order valence-electron chi connectivity index (χ0n) is 21.8. The topological polar surface area (TPSA) is 142 Å². The van der Waals surface area contributed by atoms with E-state index >= 15 is 0 Å². The van der Waals surface area contributed by atoms with Crippen molar-refractivity contribution in [1.82, 2.24) is 29.7 Å². The highest BCUT2D eigenvalue weighted by atomic mass is 35.5. The van der Waals surface area contributed by atoms with Crippen LogP contribution in [0.5, 0.6) is 0 Å². The number of carbonyl (C=O) groups is 1. The number of fused-ring (bicyclic) bond motifs is 2. The van der Waals surface area contributed by atoms with E-state index in [-0.39, 0.29) is 24.3 Å². The van der Waals surface area contributed by atoms with Crippen molar-refractivity contribution in [2.75, 3.05) is 37.7 Å². The van der Waals surface area contributed by atoms with E-state index in [1.54, 1.807) is 12.4 Å². The first kappa shape index (κ1) is 26.6. The first-order valence-corrected chi connectivity index (χ1v) is 12.9. The van der Waals surface area contributed by atoms with E-state index in [1.165, 1.54) is 6.33 Å². The molecule has 38 heavy (non-hydrogen) atoms. The summed E-state index contributed by atoms with van der Waals surface area (Å²) in [5, 5.41) is 6.29. The third kappa shape index (κ3) is 5.54. The van der Waals surface area contributed by atoms with Crippen LogP contribution in [0.3, 0.4) is 0 Å².